The van der Waals surface area contributed by atoms with Crippen LogP contribution < -0.4 is 21.3 Å². The Kier molecular flexibility index (Phi) is 16.0. The van der Waals surface area contributed by atoms with Gasteiger partial charge in [0, 0.05) is 42.9 Å². The summed E-state index contributed by atoms with van der Waals surface area (Å²) in [7, 11) is 0. The van der Waals surface area contributed by atoms with E-state index in [2.05, 4.69) is 21.3 Å². The van der Waals surface area contributed by atoms with E-state index >= 15 is 0 Å². The van der Waals surface area contributed by atoms with Crippen molar-refractivity contribution in [1.82, 2.24) is 21.3 Å². The van der Waals surface area contributed by atoms with Gasteiger partial charge in [0.1, 0.15) is 18.9 Å². The fraction of sp³-hybridized carbons (Fsp3) is 0.409. The van der Waals surface area contributed by atoms with Crippen LogP contribution >= 0.6 is 0 Å². The zero-order valence-corrected chi connectivity index (χ0v) is 33.8. The van der Waals surface area contributed by atoms with Gasteiger partial charge >= 0.3 is 12.1 Å². The number of aromatic hydroxyl groups is 1. The smallest absolute Gasteiger partial charge is 0.407 e. The van der Waals surface area contributed by atoms with Crippen LogP contribution in [0, 0.1) is 17.8 Å². The number of aliphatic carboxylic acids is 1. The number of alkyl carbamates (subject to hydrolysis) is 1. The van der Waals surface area contributed by atoms with Crippen LogP contribution in [0.5, 0.6) is 5.75 Å². The Morgan fingerprint density at radius 2 is 1.08 bits per heavy atom. The van der Waals surface area contributed by atoms with Crippen LogP contribution in [0.1, 0.15) is 76.5 Å². The van der Waals surface area contributed by atoms with Crippen LogP contribution in [-0.4, -0.2) is 88.6 Å². The summed E-state index contributed by atoms with van der Waals surface area (Å²) in [6, 6.07) is 18.7. The molecule has 2 unspecified atom stereocenters. The zero-order chi connectivity index (χ0) is 43.4. The van der Waals surface area contributed by atoms with Gasteiger partial charge in [-0.2, -0.15) is 0 Å². The zero-order valence-electron chi connectivity index (χ0n) is 33.8. The Hall–Kier alpha value is -6.38. The van der Waals surface area contributed by atoms with Crippen molar-refractivity contribution in [2.75, 3.05) is 13.2 Å². The number of Topliss-reactive ketones (excluding diaryl/α,β-unsaturated/α-hetero) is 3. The van der Waals surface area contributed by atoms with E-state index in [1.165, 1.54) is 46.8 Å². The molecule has 15 heteroatoms. The Balaban J connectivity index is 1.28. The van der Waals surface area contributed by atoms with Gasteiger partial charge in [0.05, 0.1) is 18.1 Å². The number of ketones is 3. The van der Waals surface area contributed by atoms with Gasteiger partial charge in [-0.15, -0.1) is 0 Å². The van der Waals surface area contributed by atoms with Crippen molar-refractivity contribution >= 4 is 47.1 Å². The van der Waals surface area contributed by atoms with Gasteiger partial charge < -0.3 is 36.2 Å². The fourth-order valence-corrected chi connectivity index (χ4v) is 6.82. The number of hydrogen-bond acceptors (Lipinski definition) is 10. The van der Waals surface area contributed by atoms with Crippen LogP contribution in [-0.2, 0) is 44.7 Å². The van der Waals surface area contributed by atoms with Crippen molar-refractivity contribution in [3.63, 3.8) is 0 Å². The topological polar surface area (TPSA) is 234 Å². The van der Waals surface area contributed by atoms with Gasteiger partial charge in [0.15, 0.2) is 17.3 Å². The average Bonchev–Trinajstić information content (AvgIpc) is 3.52. The summed E-state index contributed by atoms with van der Waals surface area (Å²) in [6.07, 6.45) is -1.58. The summed E-state index contributed by atoms with van der Waals surface area (Å²) >= 11 is 0. The molecule has 3 aromatic rings. The third-order valence-corrected chi connectivity index (χ3v) is 10.4. The third kappa shape index (κ3) is 12.8. The van der Waals surface area contributed by atoms with E-state index in [0.717, 1.165) is 22.3 Å². The maximum absolute atomic E-state index is 13.5. The van der Waals surface area contributed by atoms with Crippen molar-refractivity contribution in [3.05, 3.63) is 89.5 Å². The highest BCUT2D eigenvalue weighted by atomic mass is 16.5. The molecule has 0 spiro atoms. The first kappa shape index (κ1) is 45.3. The predicted octanol–water partition coefficient (Wildman–Crippen LogP) is 3.84. The molecule has 0 saturated carbocycles. The largest absolute Gasteiger partial charge is 0.508 e. The van der Waals surface area contributed by atoms with E-state index in [-0.39, 0.29) is 44.0 Å². The number of carboxylic acids is 1. The minimum atomic E-state index is -1.24. The number of amides is 4. The maximum Gasteiger partial charge on any atom is 0.407 e. The van der Waals surface area contributed by atoms with Crippen molar-refractivity contribution in [3.8, 4) is 16.9 Å². The number of hydrogen-bond donors (Lipinski definition) is 6. The lowest BCUT2D eigenvalue weighted by Crippen LogP contribution is -2.46. The Labute approximate surface area is 342 Å². The highest BCUT2D eigenvalue weighted by molar-refractivity contribution is 5.96. The van der Waals surface area contributed by atoms with Crippen LogP contribution in [0.3, 0.4) is 0 Å². The number of carboxylic acid groups (broad SMARTS) is 1. The standard InChI is InChI=1S/C44H52N4O11/c1-24(41(55)45-22-40(53)54)18-37(50)26(3)47-43(57)30(20-29-14-16-31(49)17-15-29)21-39(52)27(4)46-42(56)25(2)19-38(51)28(5)48-44(58)59-23-36-34-12-8-6-10-32(34)33-11-7-9-13-35(33)36/h6-17,24-28,30,36,49H,18-23H2,1-5H3,(H,45,55)(H,46,56)(H,47,57)(H,48,58)(H,53,54)/t24-,25?,26+,27?,28+,30-/m1/s1. The fourth-order valence-electron chi connectivity index (χ4n) is 6.82. The van der Waals surface area contributed by atoms with Crippen LogP contribution in [0.25, 0.3) is 11.1 Å². The number of phenols is 1. The first-order valence-corrected chi connectivity index (χ1v) is 19.5. The van der Waals surface area contributed by atoms with Gasteiger partial charge in [0.25, 0.3) is 0 Å². The number of carbonyl (C=O) groups excluding carboxylic acids is 7. The van der Waals surface area contributed by atoms with Gasteiger partial charge in [-0.3, -0.25) is 33.6 Å². The summed E-state index contributed by atoms with van der Waals surface area (Å²) in [5.41, 5.74) is 4.86. The highest BCUT2D eigenvalue weighted by Crippen LogP contribution is 2.44. The quantitative estimate of drug-likeness (QED) is 0.0905. The van der Waals surface area contributed by atoms with Crippen molar-refractivity contribution in [2.45, 2.75) is 84.3 Å². The molecular formula is C44H52N4O11. The minimum absolute atomic E-state index is 0.00194. The molecule has 0 aliphatic heterocycles. The van der Waals surface area contributed by atoms with Crippen LogP contribution in [0.4, 0.5) is 4.79 Å². The summed E-state index contributed by atoms with van der Waals surface area (Å²) < 4.78 is 5.55. The molecular weight excluding hydrogens is 761 g/mol. The van der Waals surface area contributed by atoms with Gasteiger partial charge in [-0.25, -0.2) is 4.79 Å². The minimum Gasteiger partial charge on any atom is -0.508 e. The lowest BCUT2D eigenvalue weighted by Gasteiger charge is -2.23. The van der Waals surface area contributed by atoms with E-state index in [1.54, 1.807) is 12.1 Å². The molecule has 15 nitrogen and oxygen atoms in total. The number of phenolic OH excluding ortho intramolecular Hbond substituents is 1. The van der Waals surface area contributed by atoms with E-state index in [1.807, 2.05) is 48.5 Å². The molecule has 3 aromatic carbocycles. The predicted molar refractivity (Wildman–Crippen MR) is 216 cm³/mol. The maximum atomic E-state index is 13.5. The highest BCUT2D eigenvalue weighted by Gasteiger charge is 2.32. The van der Waals surface area contributed by atoms with Gasteiger partial charge in [-0.1, -0.05) is 74.5 Å². The average molecular weight is 813 g/mol. The molecule has 1 aliphatic rings. The van der Waals surface area contributed by atoms with Gasteiger partial charge in [-0.05, 0) is 67.1 Å². The number of carbonyl (C=O) groups is 8. The summed E-state index contributed by atoms with van der Waals surface area (Å²) in [5, 5.41) is 28.5. The Morgan fingerprint density at radius 3 is 1.63 bits per heavy atom. The molecule has 0 bridgehead atoms. The van der Waals surface area contributed by atoms with Gasteiger partial charge in [0.2, 0.25) is 17.7 Å². The number of rotatable bonds is 21. The van der Waals surface area contributed by atoms with Crippen LogP contribution in [0.2, 0.25) is 0 Å². The van der Waals surface area contributed by atoms with Crippen molar-refractivity contribution in [2.24, 2.45) is 17.8 Å². The summed E-state index contributed by atoms with van der Waals surface area (Å²) in [5.74, 6) is -7.40. The molecule has 4 amide bonds. The molecule has 59 heavy (non-hydrogen) atoms. The van der Waals surface area contributed by atoms with Crippen molar-refractivity contribution < 1.29 is 53.3 Å². The molecule has 6 N–H and O–H groups in total. The Bertz CT molecular complexity index is 2000. The van der Waals surface area contributed by atoms with E-state index in [0.29, 0.717) is 5.56 Å². The molecule has 1 aliphatic carbocycles. The molecule has 0 saturated heterocycles. The normalized spacial score (nSPS) is 14.8. The summed E-state index contributed by atoms with van der Waals surface area (Å²) in [6.45, 7) is 6.81. The monoisotopic (exact) mass is 812 g/mol. The molecule has 0 aromatic heterocycles. The lowest BCUT2D eigenvalue weighted by molar-refractivity contribution is -0.138. The molecule has 4 rings (SSSR count). The molecule has 0 fully saturated rings. The van der Waals surface area contributed by atoms with E-state index < -0.39 is 89.6 Å². The molecule has 314 valence electrons. The van der Waals surface area contributed by atoms with E-state index in [4.69, 9.17) is 9.84 Å². The third-order valence-electron chi connectivity index (χ3n) is 10.4. The molecule has 0 heterocycles. The number of benzene rings is 3. The van der Waals surface area contributed by atoms with E-state index in [9.17, 15) is 43.5 Å². The lowest BCUT2D eigenvalue weighted by atomic mass is 9.90. The van der Waals surface area contributed by atoms with Crippen molar-refractivity contribution in [1.29, 1.82) is 0 Å². The molecule has 0 radical (unpaired) electrons. The number of fused-ring (bicyclic) bond motifs is 3. The second-order valence-electron chi connectivity index (χ2n) is 15.1. The first-order chi connectivity index (χ1) is 27.9. The second kappa shape index (κ2) is 20.9. The Morgan fingerprint density at radius 1 is 0.610 bits per heavy atom. The summed E-state index contributed by atoms with van der Waals surface area (Å²) in [4.78, 5) is 102. The second-order valence-corrected chi connectivity index (χ2v) is 15.1. The number of ether oxygens (including phenoxy) is 1. The van der Waals surface area contributed by atoms with Crippen LogP contribution in [0.15, 0.2) is 72.8 Å². The molecule has 6 atom stereocenters. The first-order valence-electron chi connectivity index (χ1n) is 19.5. The SMILES string of the molecule is CC(CC(=O)[C@H](C)NC(=O)OCC1c2ccccc2-c2ccccc21)C(=O)NC(C)C(=O)C[C@@H](Cc1ccc(O)cc1)C(=O)N[C@@H](C)C(=O)C[C@@H](C)C(=O)NCC(=O)O. The number of nitrogens with one attached hydrogen (secondary N) is 4.